The fourth-order valence-corrected chi connectivity index (χ4v) is 2.11. The molecule has 0 heterocycles. The quantitative estimate of drug-likeness (QED) is 0.889. The molecule has 5 heteroatoms. The van der Waals surface area contributed by atoms with Crippen LogP contribution >= 0.6 is 0 Å². The van der Waals surface area contributed by atoms with Gasteiger partial charge in [0.2, 0.25) is 5.91 Å². The molecule has 1 unspecified atom stereocenters. The molecule has 3 N–H and O–H groups in total. The number of benzene rings is 2. The second-order valence-corrected chi connectivity index (χ2v) is 4.70. The first-order valence-corrected chi connectivity index (χ1v) is 6.48. The summed E-state index contributed by atoms with van der Waals surface area (Å²) in [6.07, 6.45) is 0. The van der Waals surface area contributed by atoms with E-state index >= 15 is 0 Å². The van der Waals surface area contributed by atoms with Crippen LogP contribution in [0.3, 0.4) is 0 Å². The van der Waals surface area contributed by atoms with Crippen molar-refractivity contribution < 1.29 is 13.9 Å². The number of ether oxygens (including phenoxy) is 1. The van der Waals surface area contributed by atoms with Gasteiger partial charge in [-0.1, -0.05) is 29.8 Å². The third-order valence-electron chi connectivity index (χ3n) is 3.15. The topological polar surface area (TPSA) is 64.3 Å². The monoisotopic (exact) mass is 288 g/mol. The molecule has 21 heavy (non-hydrogen) atoms. The van der Waals surface area contributed by atoms with E-state index in [1.54, 1.807) is 36.4 Å². The molecular weight excluding hydrogens is 271 g/mol. The number of anilines is 1. The SMILES string of the molecule is COc1ccccc1NC(C(N)=O)c1cc(C)ccc1F. The van der Waals surface area contributed by atoms with Crippen LogP contribution in [-0.4, -0.2) is 13.0 Å². The van der Waals surface area contributed by atoms with Crippen LogP contribution in [0.25, 0.3) is 0 Å². The Balaban J connectivity index is 2.40. The summed E-state index contributed by atoms with van der Waals surface area (Å²) in [6.45, 7) is 1.82. The molecule has 4 nitrogen and oxygen atoms in total. The Labute approximate surface area is 122 Å². The van der Waals surface area contributed by atoms with Gasteiger partial charge in [-0.2, -0.15) is 0 Å². The Bertz CT molecular complexity index is 658. The maximum atomic E-state index is 14.0. The van der Waals surface area contributed by atoms with Gasteiger partial charge in [0.05, 0.1) is 12.8 Å². The highest BCUT2D eigenvalue weighted by Gasteiger charge is 2.22. The molecule has 0 fully saturated rings. The lowest BCUT2D eigenvalue weighted by atomic mass is 10.0. The highest BCUT2D eigenvalue weighted by atomic mass is 19.1. The number of hydrogen-bond donors (Lipinski definition) is 2. The minimum absolute atomic E-state index is 0.216. The normalized spacial score (nSPS) is 11.8. The summed E-state index contributed by atoms with van der Waals surface area (Å²) < 4.78 is 19.2. The van der Waals surface area contributed by atoms with Crippen molar-refractivity contribution in [2.24, 2.45) is 5.73 Å². The Morgan fingerprint density at radius 2 is 2.00 bits per heavy atom. The van der Waals surface area contributed by atoms with Crippen LogP contribution in [0, 0.1) is 12.7 Å². The van der Waals surface area contributed by atoms with E-state index in [1.807, 2.05) is 6.92 Å². The Hall–Kier alpha value is -2.56. The largest absolute Gasteiger partial charge is 0.495 e. The second kappa shape index (κ2) is 6.26. The van der Waals surface area contributed by atoms with Gasteiger partial charge >= 0.3 is 0 Å². The number of methoxy groups -OCH3 is 1. The molecule has 0 spiro atoms. The maximum absolute atomic E-state index is 14.0. The smallest absolute Gasteiger partial charge is 0.244 e. The molecule has 2 aromatic carbocycles. The number of halogens is 1. The van der Waals surface area contributed by atoms with Crippen molar-refractivity contribution in [1.82, 2.24) is 0 Å². The van der Waals surface area contributed by atoms with Crippen molar-refractivity contribution >= 4 is 11.6 Å². The first kappa shape index (κ1) is 14.8. The molecule has 0 saturated carbocycles. The molecule has 1 amide bonds. The van der Waals surface area contributed by atoms with Crippen molar-refractivity contribution in [3.8, 4) is 5.75 Å². The van der Waals surface area contributed by atoms with Gasteiger partial charge in [0.15, 0.2) is 0 Å². The van der Waals surface area contributed by atoms with Gasteiger partial charge in [0.25, 0.3) is 0 Å². The minimum atomic E-state index is -0.971. The Morgan fingerprint density at radius 1 is 1.29 bits per heavy atom. The van der Waals surface area contributed by atoms with Gasteiger partial charge in [-0.15, -0.1) is 0 Å². The summed E-state index contributed by atoms with van der Waals surface area (Å²) in [5.74, 6) is -0.589. The summed E-state index contributed by atoms with van der Waals surface area (Å²) in [7, 11) is 1.52. The van der Waals surface area contributed by atoms with Gasteiger partial charge in [-0.05, 0) is 25.1 Å². The summed E-state index contributed by atoms with van der Waals surface area (Å²) in [5, 5.41) is 2.94. The predicted octanol–water partition coefficient (Wildman–Crippen LogP) is 2.78. The molecule has 0 saturated heterocycles. The average Bonchev–Trinajstić information content (AvgIpc) is 2.47. The van der Waals surface area contributed by atoms with Crippen molar-refractivity contribution in [3.05, 3.63) is 59.4 Å². The van der Waals surface area contributed by atoms with E-state index in [4.69, 9.17) is 10.5 Å². The molecule has 0 aliphatic heterocycles. The number of rotatable bonds is 5. The number of amides is 1. The molecule has 0 radical (unpaired) electrons. The predicted molar refractivity (Wildman–Crippen MR) is 79.7 cm³/mol. The molecule has 110 valence electrons. The Kier molecular flexibility index (Phi) is 4.42. The van der Waals surface area contributed by atoms with Crippen LogP contribution in [0.5, 0.6) is 5.75 Å². The number of hydrogen-bond acceptors (Lipinski definition) is 3. The zero-order valence-corrected chi connectivity index (χ0v) is 11.9. The summed E-state index contributed by atoms with van der Waals surface area (Å²) in [6, 6.07) is 10.7. The van der Waals surface area contributed by atoms with Crippen LogP contribution in [0.15, 0.2) is 42.5 Å². The van der Waals surface area contributed by atoms with Crippen LogP contribution in [-0.2, 0) is 4.79 Å². The number of carbonyl (C=O) groups is 1. The van der Waals surface area contributed by atoms with E-state index in [-0.39, 0.29) is 5.56 Å². The van der Waals surface area contributed by atoms with Gasteiger partial charge in [-0.3, -0.25) is 4.79 Å². The molecule has 0 aliphatic carbocycles. The fourth-order valence-electron chi connectivity index (χ4n) is 2.11. The molecule has 0 aliphatic rings. The number of aryl methyl sites for hydroxylation is 1. The average molecular weight is 288 g/mol. The van der Waals surface area contributed by atoms with E-state index in [9.17, 15) is 9.18 Å². The highest BCUT2D eigenvalue weighted by molar-refractivity contribution is 5.85. The standard InChI is InChI=1S/C16H17FN2O2/c1-10-7-8-12(17)11(9-10)15(16(18)20)19-13-5-3-4-6-14(13)21-2/h3-9,15,19H,1-2H3,(H2,18,20). The van der Waals surface area contributed by atoms with Crippen molar-refractivity contribution in [2.45, 2.75) is 13.0 Å². The molecule has 0 bridgehead atoms. The first-order chi connectivity index (χ1) is 10.0. The zero-order chi connectivity index (χ0) is 15.4. The minimum Gasteiger partial charge on any atom is -0.495 e. The third-order valence-corrected chi connectivity index (χ3v) is 3.15. The number of carbonyl (C=O) groups excluding carboxylic acids is 1. The number of primary amides is 1. The van der Waals surface area contributed by atoms with Gasteiger partial charge < -0.3 is 15.8 Å². The van der Waals surface area contributed by atoms with E-state index < -0.39 is 17.8 Å². The number of nitrogens with two attached hydrogens (primary N) is 1. The number of para-hydroxylation sites is 2. The number of nitrogens with one attached hydrogen (secondary N) is 1. The van der Waals surface area contributed by atoms with E-state index in [2.05, 4.69) is 5.32 Å². The van der Waals surface area contributed by atoms with Crippen LogP contribution in [0.4, 0.5) is 10.1 Å². The second-order valence-electron chi connectivity index (χ2n) is 4.70. The van der Waals surface area contributed by atoms with E-state index in [0.717, 1.165) is 5.56 Å². The van der Waals surface area contributed by atoms with Crippen molar-refractivity contribution in [2.75, 3.05) is 12.4 Å². The van der Waals surface area contributed by atoms with Gasteiger partial charge in [0.1, 0.15) is 17.6 Å². The maximum Gasteiger partial charge on any atom is 0.244 e. The summed E-state index contributed by atoms with van der Waals surface area (Å²) in [5.41, 5.74) is 7.05. The Morgan fingerprint density at radius 3 is 2.67 bits per heavy atom. The molecule has 1 atom stereocenters. The molecule has 0 aromatic heterocycles. The first-order valence-electron chi connectivity index (χ1n) is 6.48. The molecule has 2 rings (SSSR count). The highest BCUT2D eigenvalue weighted by Crippen LogP contribution is 2.29. The van der Waals surface area contributed by atoms with Crippen molar-refractivity contribution in [1.29, 1.82) is 0 Å². The van der Waals surface area contributed by atoms with Crippen LogP contribution in [0.1, 0.15) is 17.2 Å². The fraction of sp³-hybridized carbons (Fsp3) is 0.188. The summed E-state index contributed by atoms with van der Waals surface area (Å²) >= 11 is 0. The lowest BCUT2D eigenvalue weighted by Crippen LogP contribution is -2.28. The van der Waals surface area contributed by atoms with Crippen LogP contribution in [0.2, 0.25) is 0 Å². The van der Waals surface area contributed by atoms with E-state index in [1.165, 1.54) is 13.2 Å². The van der Waals surface area contributed by atoms with Crippen LogP contribution < -0.4 is 15.8 Å². The lowest BCUT2D eigenvalue weighted by Gasteiger charge is -2.19. The zero-order valence-electron chi connectivity index (χ0n) is 11.9. The third kappa shape index (κ3) is 3.31. The summed E-state index contributed by atoms with van der Waals surface area (Å²) in [4.78, 5) is 11.7. The van der Waals surface area contributed by atoms with Gasteiger partial charge in [-0.25, -0.2) is 4.39 Å². The van der Waals surface area contributed by atoms with Gasteiger partial charge in [0, 0.05) is 5.56 Å². The lowest BCUT2D eigenvalue weighted by molar-refractivity contribution is -0.118. The molecule has 2 aromatic rings. The van der Waals surface area contributed by atoms with Crippen molar-refractivity contribution in [3.63, 3.8) is 0 Å². The van der Waals surface area contributed by atoms with E-state index in [0.29, 0.717) is 11.4 Å². The molecular formula is C16H17FN2O2.